The van der Waals surface area contributed by atoms with Crippen LogP contribution < -0.4 is 5.32 Å². The number of hydrogen-bond acceptors (Lipinski definition) is 3. The van der Waals surface area contributed by atoms with E-state index in [1.807, 2.05) is 13.0 Å². The monoisotopic (exact) mass is 256 g/mol. The summed E-state index contributed by atoms with van der Waals surface area (Å²) in [5, 5.41) is 21.7. The van der Waals surface area contributed by atoms with Crippen LogP contribution in [0.2, 0.25) is 0 Å². The van der Waals surface area contributed by atoms with Gasteiger partial charge in [-0.2, -0.15) is 5.26 Å². The smallest absolute Gasteiger partial charge is 0.123 e. The minimum absolute atomic E-state index is 0.0397. The number of rotatable bonds is 3. The molecule has 0 radical (unpaired) electrons. The first-order chi connectivity index (χ1) is 9.10. The Morgan fingerprint density at radius 1 is 1.26 bits per heavy atom. The fourth-order valence-electron chi connectivity index (χ4n) is 1.88. The van der Waals surface area contributed by atoms with E-state index in [0.29, 0.717) is 11.1 Å². The Kier molecular flexibility index (Phi) is 3.67. The van der Waals surface area contributed by atoms with E-state index < -0.39 is 5.82 Å². The van der Waals surface area contributed by atoms with Crippen LogP contribution in [0.3, 0.4) is 0 Å². The number of anilines is 1. The third-order valence-electron chi connectivity index (χ3n) is 2.83. The van der Waals surface area contributed by atoms with Gasteiger partial charge in [0.15, 0.2) is 0 Å². The van der Waals surface area contributed by atoms with Crippen molar-refractivity contribution in [1.82, 2.24) is 0 Å². The van der Waals surface area contributed by atoms with E-state index in [-0.39, 0.29) is 11.8 Å². The number of phenols is 1. The number of nitrogens with one attached hydrogen (secondary N) is 1. The molecule has 2 rings (SSSR count). The number of halogens is 1. The van der Waals surface area contributed by atoms with E-state index in [9.17, 15) is 9.50 Å². The molecule has 0 saturated heterocycles. The molecular weight excluding hydrogens is 243 g/mol. The van der Waals surface area contributed by atoms with Gasteiger partial charge in [-0.15, -0.1) is 0 Å². The first-order valence-corrected chi connectivity index (χ1v) is 5.85. The second-order valence-corrected chi connectivity index (χ2v) is 4.26. The predicted molar refractivity (Wildman–Crippen MR) is 71.3 cm³/mol. The van der Waals surface area contributed by atoms with Gasteiger partial charge in [0.25, 0.3) is 0 Å². The van der Waals surface area contributed by atoms with Crippen molar-refractivity contribution < 1.29 is 9.50 Å². The van der Waals surface area contributed by atoms with E-state index in [4.69, 9.17) is 5.26 Å². The van der Waals surface area contributed by atoms with E-state index in [1.165, 1.54) is 18.2 Å². The highest BCUT2D eigenvalue weighted by molar-refractivity contribution is 5.51. The Morgan fingerprint density at radius 2 is 2.05 bits per heavy atom. The Hall–Kier alpha value is -2.54. The number of aromatic hydroxyl groups is 1. The van der Waals surface area contributed by atoms with Gasteiger partial charge in [0, 0.05) is 11.3 Å². The van der Waals surface area contributed by atoms with E-state index in [1.54, 1.807) is 18.2 Å². The Bertz CT molecular complexity index is 634. The summed E-state index contributed by atoms with van der Waals surface area (Å²) >= 11 is 0. The minimum atomic E-state index is -0.396. The Morgan fingerprint density at radius 3 is 2.79 bits per heavy atom. The van der Waals surface area contributed by atoms with Gasteiger partial charge in [0.2, 0.25) is 0 Å². The lowest BCUT2D eigenvalue weighted by molar-refractivity contribution is 0.462. The lowest BCUT2D eigenvalue weighted by Crippen LogP contribution is -2.07. The van der Waals surface area contributed by atoms with Crippen molar-refractivity contribution in [3.8, 4) is 11.8 Å². The van der Waals surface area contributed by atoms with Crippen molar-refractivity contribution in [1.29, 1.82) is 5.26 Å². The van der Waals surface area contributed by atoms with Crippen LogP contribution in [0, 0.1) is 17.1 Å². The molecule has 0 aliphatic heterocycles. The highest BCUT2D eigenvalue weighted by Gasteiger charge is 2.11. The fraction of sp³-hybridized carbons (Fsp3) is 0.133. The number of nitriles is 1. The van der Waals surface area contributed by atoms with Gasteiger partial charge in [-0.1, -0.05) is 6.07 Å². The summed E-state index contributed by atoms with van der Waals surface area (Å²) in [5.41, 5.74) is 1.76. The van der Waals surface area contributed by atoms with Crippen LogP contribution in [0.15, 0.2) is 42.5 Å². The molecule has 96 valence electrons. The Balaban J connectivity index is 2.23. The van der Waals surface area contributed by atoms with Crippen molar-refractivity contribution in [2.75, 3.05) is 5.32 Å². The highest BCUT2D eigenvalue weighted by atomic mass is 19.1. The molecule has 1 atom stereocenters. The van der Waals surface area contributed by atoms with Crippen molar-refractivity contribution in [2.45, 2.75) is 13.0 Å². The highest BCUT2D eigenvalue weighted by Crippen LogP contribution is 2.27. The van der Waals surface area contributed by atoms with Gasteiger partial charge in [0.05, 0.1) is 17.7 Å². The summed E-state index contributed by atoms with van der Waals surface area (Å²) < 4.78 is 13.2. The molecule has 4 heteroatoms. The number of nitrogens with zero attached hydrogens (tertiary/aromatic N) is 1. The zero-order chi connectivity index (χ0) is 13.8. The summed E-state index contributed by atoms with van der Waals surface area (Å²) in [4.78, 5) is 0. The minimum Gasteiger partial charge on any atom is -0.508 e. The topological polar surface area (TPSA) is 56.0 Å². The van der Waals surface area contributed by atoms with Crippen LogP contribution in [-0.4, -0.2) is 5.11 Å². The van der Waals surface area contributed by atoms with Crippen molar-refractivity contribution in [2.24, 2.45) is 0 Å². The molecule has 1 unspecified atom stereocenters. The zero-order valence-corrected chi connectivity index (χ0v) is 10.4. The molecule has 0 aliphatic rings. The van der Waals surface area contributed by atoms with Crippen molar-refractivity contribution in [3.63, 3.8) is 0 Å². The summed E-state index contributed by atoms with van der Waals surface area (Å²) in [7, 11) is 0. The summed E-state index contributed by atoms with van der Waals surface area (Å²) in [6, 6.07) is 12.6. The quantitative estimate of drug-likeness (QED) is 0.882. The molecule has 19 heavy (non-hydrogen) atoms. The van der Waals surface area contributed by atoms with Crippen LogP contribution in [0.1, 0.15) is 24.1 Å². The molecule has 0 aromatic heterocycles. The Labute approximate surface area is 110 Å². The van der Waals surface area contributed by atoms with Crippen LogP contribution in [0.4, 0.5) is 10.1 Å². The van der Waals surface area contributed by atoms with Gasteiger partial charge in [-0.25, -0.2) is 4.39 Å². The van der Waals surface area contributed by atoms with Crippen LogP contribution in [0.25, 0.3) is 0 Å². The number of hydrogen-bond donors (Lipinski definition) is 2. The van der Waals surface area contributed by atoms with E-state index >= 15 is 0 Å². The third kappa shape index (κ3) is 3.02. The van der Waals surface area contributed by atoms with Crippen LogP contribution in [0.5, 0.6) is 5.75 Å². The molecule has 0 heterocycles. The SMILES string of the molecule is CC(Nc1cccc(C#N)c1)c1cc(F)ccc1O. The van der Waals surface area contributed by atoms with E-state index in [2.05, 4.69) is 11.4 Å². The second kappa shape index (κ2) is 5.40. The molecule has 2 N–H and O–H groups in total. The maximum Gasteiger partial charge on any atom is 0.123 e. The maximum absolute atomic E-state index is 13.2. The molecule has 2 aromatic carbocycles. The molecule has 0 saturated carbocycles. The van der Waals surface area contributed by atoms with Crippen LogP contribution >= 0.6 is 0 Å². The summed E-state index contributed by atoms with van der Waals surface area (Å²) in [5.74, 6) is -0.356. The first kappa shape index (κ1) is 12.9. The fourth-order valence-corrected chi connectivity index (χ4v) is 1.88. The predicted octanol–water partition coefficient (Wildman–Crippen LogP) is 3.58. The summed E-state index contributed by atoms with van der Waals surface area (Å²) in [6.07, 6.45) is 0. The largest absolute Gasteiger partial charge is 0.508 e. The molecule has 3 nitrogen and oxygen atoms in total. The summed E-state index contributed by atoms with van der Waals surface area (Å²) in [6.45, 7) is 1.81. The number of phenolic OH excluding ortho intramolecular Hbond substituents is 1. The standard InChI is InChI=1S/C15H13FN2O/c1-10(14-8-12(16)5-6-15(14)19)18-13-4-2-3-11(7-13)9-17/h2-8,10,18-19H,1H3. The molecule has 0 amide bonds. The zero-order valence-electron chi connectivity index (χ0n) is 10.4. The molecule has 0 aliphatic carbocycles. The van der Waals surface area contributed by atoms with E-state index in [0.717, 1.165) is 5.69 Å². The average molecular weight is 256 g/mol. The van der Waals surface area contributed by atoms with Gasteiger partial charge >= 0.3 is 0 Å². The lowest BCUT2D eigenvalue weighted by atomic mass is 10.1. The molecule has 0 spiro atoms. The normalized spacial score (nSPS) is 11.6. The van der Waals surface area contributed by atoms with Crippen molar-refractivity contribution in [3.05, 3.63) is 59.4 Å². The lowest BCUT2D eigenvalue weighted by Gasteiger charge is -2.17. The molecule has 0 fully saturated rings. The van der Waals surface area contributed by atoms with Gasteiger partial charge in [0.1, 0.15) is 11.6 Å². The average Bonchev–Trinajstić information content (AvgIpc) is 2.41. The molecule has 0 bridgehead atoms. The second-order valence-electron chi connectivity index (χ2n) is 4.26. The van der Waals surface area contributed by atoms with Crippen LogP contribution in [-0.2, 0) is 0 Å². The van der Waals surface area contributed by atoms with Gasteiger partial charge in [-0.3, -0.25) is 0 Å². The van der Waals surface area contributed by atoms with Gasteiger partial charge in [-0.05, 0) is 43.3 Å². The molecular formula is C15H13FN2O. The maximum atomic E-state index is 13.2. The third-order valence-corrected chi connectivity index (χ3v) is 2.83. The first-order valence-electron chi connectivity index (χ1n) is 5.85. The van der Waals surface area contributed by atoms with Gasteiger partial charge < -0.3 is 10.4 Å². The van der Waals surface area contributed by atoms with Crippen molar-refractivity contribution >= 4 is 5.69 Å². The number of benzene rings is 2. The molecule has 2 aromatic rings.